The summed E-state index contributed by atoms with van der Waals surface area (Å²) < 4.78 is 10.8. The predicted molar refractivity (Wildman–Crippen MR) is 89.2 cm³/mol. The number of carbonyl (C=O) groups excluding carboxylic acids is 1. The molecule has 1 aromatic heterocycles. The van der Waals surface area contributed by atoms with E-state index in [0.717, 1.165) is 16.7 Å². The van der Waals surface area contributed by atoms with Crippen molar-refractivity contribution in [2.75, 3.05) is 6.61 Å². The minimum Gasteiger partial charge on any atom is -0.493 e. The van der Waals surface area contributed by atoms with Gasteiger partial charge in [0.15, 0.2) is 0 Å². The standard InChI is InChI=1S/C19H15NO4/c21-18(14-11-12-5-1-3-7-16(12)24-19(14)22)20-15-9-10-23-17-8-4-2-6-13(15)17/h1-8,11,15H,9-10H2,(H,20,21)/t15-/m1/s1. The van der Waals surface area contributed by atoms with Crippen molar-refractivity contribution in [2.24, 2.45) is 0 Å². The van der Waals surface area contributed by atoms with Gasteiger partial charge in [0.1, 0.15) is 16.9 Å². The van der Waals surface area contributed by atoms with Crippen molar-refractivity contribution in [1.82, 2.24) is 5.32 Å². The van der Waals surface area contributed by atoms with Crippen LogP contribution in [0, 0.1) is 0 Å². The molecular weight excluding hydrogens is 306 g/mol. The van der Waals surface area contributed by atoms with Crippen molar-refractivity contribution < 1.29 is 13.9 Å². The highest BCUT2D eigenvalue weighted by atomic mass is 16.5. The van der Waals surface area contributed by atoms with Crippen LogP contribution in [0.2, 0.25) is 0 Å². The van der Waals surface area contributed by atoms with E-state index >= 15 is 0 Å². The second kappa shape index (κ2) is 5.85. The van der Waals surface area contributed by atoms with Crippen molar-refractivity contribution >= 4 is 16.9 Å². The molecule has 1 aliphatic heterocycles. The number of fused-ring (bicyclic) bond motifs is 2. The van der Waals surface area contributed by atoms with E-state index in [2.05, 4.69) is 5.32 Å². The molecule has 5 heteroatoms. The lowest BCUT2D eigenvalue weighted by Crippen LogP contribution is -2.34. The van der Waals surface area contributed by atoms with Gasteiger partial charge in [-0.25, -0.2) is 4.79 Å². The maximum atomic E-state index is 12.6. The van der Waals surface area contributed by atoms with Crippen LogP contribution in [0.4, 0.5) is 0 Å². The van der Waals surface area contributed by atoms with Crippen molar-refractivity contribution in [2.45, 2.75) is 12.5 Å². The van der Waals surface area contributed by atoms with Crippen molar-refractivity contribution in [3.63, 3.8) is 0 Å². The first-order valence-corrected chi connectivity index (χ1v) is 7.78. The van der Waals surface area contributed by atoms with Gasteiger partial charge in [0.2, 0.25) is 0 Å². The first kappa shape index (κ1) is 14.5. The van der Waals surface area contributed by atoms with Gasteiger partial charge in [-0.3, -0.25) is 4.79 Å². The Morgan fingerprint density at radius 2 is 1.88 bits per heavy atom. The summed E-state index contributed by atoms with van der Waals surface area (Å²) in [6.07, 6.45) is 0.654. The first-order chi connectivity index (χ1) is 11.7. The molecule has 2 aromatic carbocycles. The summed E-state index contributed by atoms with van der Waals surface area (Å²) in [5, 5.41) is 3.64. The molecule has 0 aliphatic carbocycles. The molecule has 1 atom stereocenters. The number of benzene rings is 2. The predicted octanol–water partition coefficient (Wildman–Crippen LogP) is 3.05. The number of ether oxygens (including phenoxy) is 1. The van der Waals surface area contributed by atoms with E-state index in [1.165, 1.54) is 0 Å². The molecule has 1 amide bonds. The molecule has 24 heavy (non-hydrogen) atoms. The molecule has 0 saturated heterocycles. The third-order valence-corrected chi connectivity index (χ3v) is 4.15. The maximum absolute atomic E-state index is 12.6. The molecule has 1 N–H and O–H groups in total. The van der Waals surface area contributed by atoms with E-state index in [4.69, 9.17) is 9.15 Å². The Morgan fingerprint density at radius 3 is 2.79 bits per heavy atom. The Labute approximate surface area is 137 Å². The largest absolute Gasteiger partial charge is 0.493 e. The number of nitrogens with one attached hydrogen (secondary N) is 1. The minimum absolute atomic E-state index is 0.0117. The summed E-state index contributed by atoms with van der Waals surface area (Å²) in [6, 6.07) is 16.1. The molecule has 0 fully saturated rings. The van der Waals surface area contributed by atoms with Gasteiger partial charge in [-0.05, 0) is 18.2 Å². The number of amides is 1. The molecule has 2 heterocycles. The van der Waals surface area contributed by atoms with Crippen LogP contribution in [-0.4, -0.2) is 12.5 Å². The molecule has 0 saturated carbocycles. The molecule has 0 spiro atoms. The smallest absolute Gasteiger partial charge is 0.349 e. The van der Waals surface area contributed by atoms with Crippen molar-refractivity contribution in [3.05, 3.63) is 76.1 Å². The van der Waals surface area contributed by atoms with E-state index in [1.54, 1.807) is 24.3 Å². The van der Waals surface area contributed by atoms with Crippen LogP contribution >= 0.6 is 0 Å². The zero-order chi connectivity index (χ0) is 16.5. The van der Waals surface area contributed by atoms with Gasteiger partial charge in [-0.2, -0.15) is 0 Å². The minimum atomic E-state index is -0.633. The van der Waals surface area contributed by atoms with Crippen LogP contribution in [0.1, 0.15) is 28.4 Å². The normalized spacial score (nSPS) is 16.2. The highest BCUT2D eigenvalue weighted by molar-refractivity contribution is 5.96. The van der Waals surface area contributed by atoms with Crippen LogP contribution < -0.4 is 15.7 Å². The van der Waals surface area contributed by atoms with E-state index < -0.39 is 11.5 Å². The van der Waals surface area contributed by atoms with Gasteiger partial charge in [0, 0.05) is 17.4 Å². The molecule has 120 valence electrons. The molecule has 0 bridgehead atoms. The van der Waals surface area contributed by atoms with Crippen LogP contribution in [-0.2, 0) is 0 Å². The number of carbonyl (C=O) groups is 1. The fourth-order valence-electron chi connectivity index (χ4n) is 2.95. The first-order valence-electron chi connectivity index (χ1n) is 7.78. The third kappa shape index (κ3) is 2.54. The monoisotopic (exact) mass is 321 g/mol. The van der Waals surface area contributed by atoms with E-state index in [0.29, 0.717) is 18.6 Å². The average molecular weight is 321 g/mol. The van der Waals surface area contributed by atoms with Crippen LogP contribution in [0.15, 0.2) is 63.8 Å². The number of hydrogen-bond acceptors (Lipinski definition) is 4. The Morgan fingerprint density at radius 1 is 1.08 bits per heavy atom. The molecule has 3 aromatic rings. The van der Waals surface area contributed by atoms with Gasteiger partial charge >= 0.3 is 5.63 Å². The molecule has 5 nitrogen and oxygen atoms in total. The highest BCUT2D eigenvalue weighted by Crippen LogP contribution is 2.31. The Balaban J connectivity index is 1.66. The van der Waals surface area contributed by atoms with Gasteiger partial charge in [-0.1, -0.05) is 36.4 Å². The molecule has 4 rings (SSSR count). The molecule has 1 aliphatic rings. The summed E-state index contributed by atoms with van der Waals surface area (Å²) in [5.74, 6) is 0.329. The molecule has 0 radical (unpaired) electrons. The maximum Gasteiger partial charge on any atom is 0.349 e. The Kier molecular flexibility index (Phi) is 3.54. The summed E-state index contributed by atoms with van der Waals surface area (Å²) in [4.78, 5) is 24.7. The average Bonchev–Trinajstić information content (AvgIpc) is 2.61. The zero-order valence-corrected chi connectivity index (χ0v) is 12.8. The second-order valence-corrected chi connectivity index (χ2v) is 5.69. The number of rotatable bonds is 2. The molecule has 0 unspecified atom stereocenters. The van der Waals surface area contributed by atoms with E-state index in [9.17, 15) is 9.59 Å². The number of hydrogen-bond donors (Lipinski definition) is 1. The lowest BCUT2D eigenvalue weighted by Gasteiger charge is -2.26. The van der Waals surface area contributed by atoms with Crippen LogP contribution in [0.5, 0.6) is 5.75 Å². The van der Waals surface area contributed by atoms with Crippen LogP contribution in [0.3, 0.4) is 0 Å². The Bertz CT molecular complexity index is 976. The topological polar surface area (TPSA) is 68.5 Å². The highest BCUT2D eigenvalue weighted by Gasteiger charge is 2.24. The van der Waals surface area contributed by atoms with Gasteiger partial charge in [0.25, 0.3) is 5.91 Å². The zero-order valence-electron chi connectivity index (χ0n) is 12.8. The fraction of sp³-hybridized carbons (Fsp3) is 0.158. The summed E-state index contributed by atoms with van der Waals surface area (Å²) in [5.41, 5.74) is 0.766. The SMILES string of the molecule is O=C(N[C@@H]1CCOc2ccccc21)c1cc2ccccc2oc1=O. The van der Waals surface area contributed by atoms with Gasteiger partial charge in [0.05, 0.1) is 12.6 Å². The van der Waals surface area contributed by atoms with E-state index in [1.807, 2.05) is 30.3 Å². The van der Waals surface area contributed by atoms with E-state index in [-0.39, 0.29) is 11.6 Å². The lowest BCUT2D eigenvalue weighted by molar-refractivity contribution is 0.0921. The van der Waals surface area contributed by atoms with Crippen molar-refractivity contribution in [3.8, 4) is 5.75 Å². The summed E-state index contributed by atoms with van der Waals surface area (Å²) in [7, 11) is 0. The molecular formula is C19H15NO4. The van der Waals surface area contributed by atoms with Gasteiger partial charge in [-0.15, -0.1) is 0 Å². The fourth-order valence-corrected chi connectivity index (χ4v) is 2.95. The third-order valence-electron chi connectivity index (χ3n) is 4.15. The van der Waals surface area contributed by atoms with Gasteiger partial charge < -0.3 is 14.5 Å². The van der Waals surface area contributed by atoms with Crippen molar-refractivity contribution in [1.29, 1.82) is 0 Å². The quantitative estimate of drug-likeness (QED) is 0.737. The summed E-state index contributed by atoms with van der Waals surface area (Å²) >= 11 is 0. The Hall–Kier alpha value is -3.08. The second-order valence-electron chi connectivity index (χ2n) is 5.69. The summed E-state index contributed by atoms with van der Waals surface area (Å²) in [6.45, 7) is 0.522. The van der Waals surface area contributed by atoms with Crippen LogP contribution in [0.25, 0.3) is 11.0 Å². The lowest BCUT2D eigenvalue weighted by atomic mass is 10.00. The number of para-hydroxylation sites is 2.